The Morgan fingerprint density at radius 1 is 1.16 bits per heavy atom. The van der Waals surface area contributed by atoms with Crippen LogP contribution in [0.4, 0.5) is 0 Å². The number of carbonyl (C=O) groups excluding carboxylic acids is 2. The van der Waals surface area contributed by atoms with Gasteiger partial charge in [0.25, 0.3) is 11.7 Å². The summed E-state index contributed by atoms with van der Waals surface area (Å²) in [6.45, 7) is 3.29. The van der Waals surface area contributed by atoms with Crippen molar-refractivity contribution in [2.75, 3.05) is 40.9 Å². The number of benzene rings is 2. The first-order valence-corrected chi connectivity index (χ1v) is 10.7. The van der Waals surface area contributed by atoms with Gasteiger partial charge in [-0.25, -0.2) is 0 Å². The molecule has 1 N–H and O–H groups in total. The first-order valence-electron chi connectivity index (χ1n) is 10.3. The average Bonchev–Trinajstić information content (AvgIpc) is 3.02. The maximum atomic E-state index is 13.1. The number of aliphatic hydroxyl groups is 1. The monoisotopic (exact) mass is 458 g/mol. The van der Waals surface area contributed by atoms with E-state index in [1.54, 1.807) is 36.4 Å². The number of hydrogen-bond donors (Lipinski definition) is 1. The number of likely N-dealkylation sites (N-methyl/N-ethyl adjacent to an activating group) is 1. The van der Waals surface area contributed by atoms with Gasteiger partial charge in [-0.05, 0) is 56.9 Å². The molecule has 2 aromatic carbocycles. The van der Waals surface area contributed by atoms with E-state index in [2.05, 4.69) is 0 Å². The zero-order chi connectivity index (χ0) is 23.4. The molecule has 1 heterocycles. The lowest BCUT2D eigenvalue weighted by atomic mass is 9.95. The molecule has 0 bridgehead atoms. The molecule has 7 nitrogen and oxygen atoms in total. The van der Waals surface area contributed by atoms with Crippen molar-refractivity contribution in [2.24, 2.45) is 0 Å². The number of likely N-dealkylation sites (tertiary alicyclic amines) is 1. The number of amides is 1. The number of hydrogen-bond acceptors (Lipinski definition) is 6. The molecule has 1 amide bonds. The molecule has 0 radical (unpaired) electrons. The summed E-state index contributed by atoms with van der Waals surface area (Å²) in [4.78, 5) is 29.5. The third kappa shape index (κ3) is 4.74. The number of Topliss-reactive ketones (excluding diaryl/α,β-unsaturated/α-hetero) is 1. The molecule has 0 saturated carbocycles. The molecule has 8 heteroatoms. The summed E-state index contributed by atoms with van der Waals surface area (Å²) >= 11 is 6.13. The first kappa shape index (κ1) is 23.6. The number of ether oxygens (including phenoxy) is 2. The molecule has 1 saturated heterocycles. The molecule has 2 aromatic rings. The lowest BCUT2D eigenvalue weighted by Crippen LogP contribution is -2.35. The Bertz CT molecular complexity index is 1030. The number of halogens is 1. The van der Waals surface area contributed by atoms with E-state index in [1.165, 1.54) is 18.1 Å². The maximum absolute atomic E-state index is 13.1. The Balaban J connectivity index is 2.17. The van der Waals surface area contributed by atoms with E-state index in [0.717, 1.165) is 0 Å². The quantitative estimate of drug-likeness (QED) is 0.369. The number of methoxy groups -OCH3 is 1. The zero-order valence-electron chi connectivity index (χ0n) is 18.6. The number of carbonyl (C=O) groups is 2. The van der Waals surface area contributed by atoms with Crippen LogP contribution in [0.25, 0.3) is 5.76 Å². The van der Waals surface area contributed by atoms with Crippen LogP contribution >= 0.6 is 11.6 Å². The normalized spacial score (nSPS) is 17.8. The Morgan fingerprint density at radius 3 is 2.44 bits per heavy atom. The van der Waals surface area contributed by atoms with Crippen LogP contribution < -0.4 is 9.47 Å². The van der Waals surface area contributed by atoms with E-state index < -0.39 is 17.7 Å². The predicted octanol–water partition coefficient (Wildman–Crippen LogP) is 3.73. The molecule has 3 rings (SSSR count). The number of aliphatic hydroxyl groups excluding tert-OH is 1. The molecule has 0 spiro atoms. The smallest absolute Gasteiger partial charge is 0.295 e. The minimum atomic E-state index is -0.755. The molecule has 1 fully saturated rings. The predicted molar refractivity (Wildman–Crippen MR) is 123 cm³/mol. The molecule has 0 aliphatic carbocycles. The van der Waals surface area contributed by atoms with Crippen LogP contribution in [0.1, 0.15) is 24.1 Å². The average molecular weight is 459 g/mol. The molecule has 1 aliphatic heterocycles. The zero-order valence-corrected chi connectivity index (χ0v) is 19.3. The van der Waals surface area contributed by atoms with E-state index in [9.17, 15) is 14.7 Å². The van der Waals surface area contributed by atoms with Crippen molar-refractivity contribution in [3.8, 4) is 11.5 Å². The van der Waals surface area contributed by atoms with Crippen molar-refractivity contribution < 1.29 is 24.2 Å². The number of ketones is 1. The number of rotatable bonds is 8. The summed E-state index contributed by atoms with van der Waals surface area (Å²) in [6, 6.07) is 11.1. The third-order valence-electron chi connectivity index (χ3n) is 5.25. The molecule has 1 atom stereocenters. The van der Waals surface area contributed by atoms with Gasteiger partial charge in [0.2, 0.25) is 0 Å². The molecule has 0 aromatic heterocycles. The van der Waals surface area contributed by atoms with Gasteiger partial charge in [-0.1, -0.05) is 23.7 Å². The highest BCUT2D eigenvalue weighted by molar-refractivity contribution is 6.46. The minimum Gasteiger partial charge on any atom is -0.507 e. The summed E-state index contributed by atoms with van der Waals surface area (Å²) in [5.74, 6) is -0.709. The first-order chi connectivity index (χ1) is 15.3. The fourth-order valence-electron chi connectivity index (χ4n) is 3.69. The van der Waals surface area contributed by atoms with Crippen molar-refractivity contribution >= 4 is 29.1 Å². The highest BCUT2D eigenvalue weighted by atomic mass is 35.5. The Labute approximate surface area is 192 Å². The van der Waals surface area contributed by atoms with Crippen LogP contribution in [0.2, 0.25) is 5.02 Å². The van der Waals surface area contributed by atoms with Gasteiger partial charge < -0.3 is 24.4 Å². The minimum absolute atomic E-state index is 0.00140. The van der Waals surface area contributed by atoms with E-state index in [4.69, 9.17) is 21.1 Å². The van der Waals surface area contributed by atoms with Crippen molar-refractivity contribution in [2.45, 2.75) is 13.0 Å². The van der Waals surface area contributed by atoms with Crippen LogP contribution in [-0.2, 0) is 9.59 Å². The van der Waals surface area contributed by atoms with Gasteiger partial charge in [0, 0.05) is 18.1 Å². The summed E-state index contributed by atoms with van der Waals surface area (Å²) in [6.07, 6.45) is 0. The highest BCUT2D eigenvalue weighted by Crippen LogP contribution is 2.41. The fourth-order valence-corrected chi connectivity index (χ4v) is 3.86. The SMILES string of the molecule is CCOc1ccc(C2/C(=C(\O)c3cc(Cl)ccc3OC)C(=O)C(=O)N2CCN(C)C)cc1. The van der Waals surface area contributed by atoms with Crippen molar-refractivity contribution in [1.29, 1.82) is 0 Å². The van der Waals surface area contributed by atoms with E-state index in [1.807, 2.05) is 25.9 Å². The van der Waals surface area contributed by atoms with Gasteiger partial charge in [-0.15, -0.1) is 0 Å². The van der Waals surface area contributed by atoms with Crippen molar-refractivity contribution in [3.05, 3.63) is 64.2 Å². The maximum Gasteiger partial charge on any atom is 0.295 e. The molecule has 170 valence electrons. The topological polar surface area (TPSA) is 79.3 Å². The summed E-state index contributed by atoms with van der Waals surface area (Å²) in [7, 11) is 5.23. The molecule has 1 unspecified atom stereocenters. The van der Waals surface area contributed by atoms with Gasteiger partial charge in [0.15, 0.2) is 0 Å². The van der Waals surface area contributed by atoms with Crippen molar-refractivity contribution in [3.63, 3.8) is 0 Å². The largest absolute Gasteiger partial charge is 0.507 e. The van der Waals surface area contributed by atoms with Gasteiger partial charge in [0.05, 0.1) is 30.9 Å². The van der Waals surface area contributed by atoms with Crippen LogP contribution in [0.15, 0.2) is 48.0 Å². The van der Waals surface area contributed by atoms with E-state index >= 15 is 0 Å². The lowest BCUT2D eigenvalue weighted by Gasteiger charge is -2.26. The van der Waals surface area contributed by atoms with Gasteiger partial charge >= 0.3 is 0 Å². The number of nitrogens with zero attached hydrogens (tertiary/aromatic N) is 2. The van der Waals surface area contributed by atoms with Gasteiger partial charge in [-0.2, -0.15) is 0 Å². The van der Waals surface area contributed by atoms with Crippen molar-refractivity contribution in [1.82, 2.24) is 9.80 Å². The third-order valence-corrected chi connectivity index (χ3v) is 5.49. The van der Waals surface area contributed by atoms with Gasteiger partial charge in [-0.3, -0.25) is 9.59 Å². The summed E-state index contributed by atoms with van der Waals surface area (Å²) < 4.78 is 10.9. The Morgan fingerprint density at radius 2 is 1.84 bits per heavy atom. The second-order valence-corrected chi connectivity index (χ2v) is 8.08. The summed E-state index contributed by atoms with van der Waals surface area (Å²) in [5, 5.41) is 11.6. The van der Waals surface area contributed by atoms with Gasteiger partial charge in [0.1, 0.15) is 17.3 Å². The second-order valence-electron chi connectivity index (χ2n) is 7.64. The standard InChI is InChI=1S/C24H27ClN2O5/c1-5-32-17-9-6-15(7-10-17)21-20(23(29)24(30)27(21)13-12-26(2)3)22(28)18-14-16(25)8-11-19(18)31-4/h6-11,14,21,28H,5,12-13H2,1-4H3/b22-20+. The summed E-state index contributed by atoms with van der Waals surface area (Å²) in [5.41, 5.74) is 0.939. The van der Waals surface area contributed by atoms with Crippen LogP contribution in [-0.4, -0.2) is 67.5 Å². The Hall–Kier alpha value is -3.03. The molecular weight excluding hydrogens is 432 g/mol. The molecule has 1 aliphatic rings. The fraction of sp³-hybridized carbons (Fsp3) is 0.333. The van der Waals surface area contributed by atoms with Crippen LogP contribution in [0.3, 0.4) is 0 Å². The molecule has 32 heavy (non-hydrogen) atoms. The highest BCUT2D eigenvalue weighted by Gasteiger charge is 2.46. The van der Waals surface area contributed by atoms with E-state index in [0.29, 0.717) is 41.8 Å². The lowest BCUT2D eigenvalue weighted by molar-refractivity contribution is -0.140. The van der Waals surface area contributed by atoms with E-state index in [-0.39, 0.29) is 16.9 Å². The Kier molecular flexibility index (Phi) is 7.43. The molecular formula is C24H27ClN2O5. The van der Waals surface area contributed by atoms with Crippen LogP contribution in [0, 0.1) is 0 Å². The second kappa shape index (κ2) is 10.1. The van der Waals surface area contributed by atoms with Crippen LogP contribution in [0.5, 0.6) is 11.5 Å².